The number of hydrogen-bond donors (Lipinski definition) is 2. The smallest absolute Gasteiger partial charge is 0.334 e. The number of aliphatic carboxylic acids is 1. The Morgan fingerprint density at radius 1 is 1.67 bits per heavy atom. The molecule has 2 atom stereocenters. The van der Waals surface area contributed by atoms with Gasteiger partial charge >= 0.3 is 5.97 Å². The predicted molar refractivity (Wildman–Crippen MR) is 47.5 cm³/mol. The summed E-state index contributed by atoms with van der Waals surface area (Å²) in [6.07, 6.45) is 1.32. The van der Waals surface area contributed by atoms with Gasteiger partial charge in [0.2, 0.25) is 0 Å². The van der Waals surface area contributed by atoms with Crippen LogP contribution in [-0.2, 0) is 9.53 Å². The molecule has 0 radical (unpaired) electrons. The molecule has 1 aliphatic heterocycles. The largest absolute Gasteiger partial charge is 0.479 e. The van der Waals surface area contributed by atoms with E-state index in [2.05, 4.69) is 5.32 Å². The van der Waals surface area contributed by atoms with Crippen molar-refractivity contribution in [2.45, 2.75) is 11.4 Å². The fraction of sp³-hybridized carbons (Fsp3) is 0.857. The van der Waals surface area contributed by atoms with Gasteiger partial charge in [0.1, 0.15) is 0 Å². The van der Waals surface area contributed by atoms with Gasteiger partial charge < -0.3 is 15.2 Å². The first-order chi connectivity index (χ1) is 5.74. The second-order valence-electron chi connectivity index (χ2n) is 2.68. The number of rotatable bonds is 2. The molecule has 1 saturated heterocycles. The van der Waals surface area contributed by atoms with E-state index in [1.54, 1.807) is 11.8 Å². The lowest BCUT2D eigenvalue weighted by molar-refractivity contribution is -0.149. The maximum Gasteiger partial charge on any atom is 0.334 e. The van der Waals surface area contributed by atoms with Crippen LogP contribution in [0.25, 0.3) is 0 Å². The SMILES string of the molecule is CSC1CNCC(C(=O)O)OC1. The Kier molecular flexibility index (Phi) is 3.84. The molecule has 70 valence electrons. The standard InChI is InChI=1S/C7H13NO3S/c1-12-5-2-8-3-6(7(9)10)11-4-5/h5-6,8H,2-4H2,1H3,(H,9,10). The zero-order chi connectivity index (χ0) is 8.97. The van der Waals surface area contributed by atoms with Crippen LogP contribution in [0, 0.1) is 0 Å². The summed E-state index contributed by atoms with van der Waals surface area (Å²) in [6.45, 7) is 1.75. The Labute approximate surface area is 75.7 Å². The monoisotopic (exact) mass is 191 g/mol. The molecule has 5 heteroatoms. The highest BCUT2D eigenvalue weighted by Crippen LogP contribution is 2.09. The van der Waals surface area contributed by atoms with Crippen LogP contribution in [0.5, 0.6) is 0 Å². The van der Waals surface area contributed by atoms with Gasteiger partial charge in [-0.15, -0.1) is 0 Å². The van der Waals surface area contributed by atoms with Gasteiger partial charge in [0.05, 0.1) is 6.61 Å². The molecule has 0 spiro atoms. The van der Waals surface area contributed by atoms with Crippen molar-refractivity contribution >= 4 is 17.7 Å². The molecule has 1 rings (SSSR count). The van der Waals surface area contributed by atoms with Gasteiger partial charge in [0, 0.05) is 18.3 Å². The van der Waals surface area contributed by atoms with Crippen LogP contribution < -0.4 is 5.32 Å². The zero-order valence-corrected chi connectivity index (χ0v) is 7.76. The van der Waals surface area contributed by atoms with Crippen molar-refractivity contribution < 1.29 is 14.6 Å². The highest BCUT2D eigenvalue weighted by atomic mass is 32.2. The summed E-state index contributed by atoms with van der Waals surface area (Å²) in [5.41, 5.74) is 0. The van der Waals surface area contributed by atoms with Crippen molar-refractivity contribution in [2.24, 2.45) is 0 Å². The molecule has 0 bridgehead atoms. The van der Waals surface area contributed by atoms with Crippen LogP contribution in [0.2, 0.25) is 0 Å². The minimum atomic E-state index is -0.885. The third kappa shape index (κ3) is 2.66. The summed E-state index contributed by atoms with van der Waals surface area (Å²) < 4.78 is 5.18. The molecule has 0 aromatic carbocycles. The lowest BCUT2D eigenvalue weighted by Crippen LogP contribution is -2.33. The Balaban J connectivity index is 2.39. The van der Waals surface area contributed by atoms with Crippen LogP contribution >= 0.6 is 11.8 Å². The third-order valence-electron chi connectivity index (χ3n) is 1.79. The molecule has 1 heterocycles. The van der Waals surface area contributed by atoms with Crippen LogP contribution in [0.4, 0.5) is 0 Å². The van der Waals surface area contributed by atoms with Crippen LogP contribution in [0.15, 0.2) is 0 Å². The Morgan fingerprint density at radius 2 is 2.42 bits per heavy atom. The molecule has 12 heavy (non-hydrogen) atoms. The van der Waals surface area contributed by atoms with E-state index in [4.69, 9.17) is 9.84 Å². The minimum absolute atomic E-state index is 0.370. The van der Waals surface area contributed by atoms with E-state index in [-0.39, 0.29) is 0 Å². The minimum Gasteiger partial charge on any atom is -0.479 e. The molecule has 1 aliphatic rings. The van der Waals surface area contributed by atoms with Gasteiger partial charge in [-0.3, -0.25) is 0 Å². The van der Waals surface area contributed by atoms with E-state index in [9.17, 15) is 4.79 Å². The van der Waals surface area contributed by atoms with Gasteiger partial charge in [-0.05, 0) is 6.26 Å². The molecule has 4 nitrogen and oxygen atoms in total. The summed E-state index contributed by atoms with van der Waals surface area (Å²) in [4.78, 5) is 10.5. The lowest BCUT2D eigenvalue weighted by atomic mass is 10.3. The van der Waals surface area contributed by atoms with E-state index in [1.165, 1.54) is 0 Å². The fourth-order valence-electron chi connectivity index (χ4n) is 1.03. The molecular formula is C7H13NO3S. The first-order valence-electron chi connectivity index (χ1n) is 3.82. The average molecular weight is 191 g/mol. The number of thioether (sulfide) groups is 1. The molecule has 0 saturated carbocycles. The molecule has 0 aromatic heterocycles. The number of ether oxygens (including phenoxy) is 1. The Morgan fingerprint density at radius 3 is 3.00 bits per heavy atom. The average Bonchev–Trinajstić information content (AvgIpc) is 2.28. The number of carboxylic acid groups (broad SMARTS) is 1. The maximum absolute atomic E-state index is 10.5. The maximum atomic E-state index is 10.5. The van der Waals surface area contributed by atoms with Crippen molar-refractivity contribution in [1.82, 2.24) is 5.32 Å². The molecule has 2 N–H and O–H groups in total. The van der Waals surface area contributed by atoms with E-state index in [0.717, 1.165) is 6.54 Å². The van der Waals surface area contributed by atoms with Crippen LogP contribution in [0.1, 0.15) is 0 Å². The van der Waals surface area contributed by atoms with E-state index < -0.39 is 12.1 Å². The third-order valence-corrected chi connectivity index (χ3v) is 2.76. The normalized spacial score (nSPS) is 31.1. The highest BCUT2D eigenvalue weighted by molar-refractivity contribution is 7.99. The molecule has 2 unspecified atom stereocenters. The lowest BCUT2D eigenvalue weighted by Gasteiger charge is -2.10. The second kappa shape index (κ2) is 4.69. The quantitative estimate of drug-likeness (QED) is 0.632. The first-order valence-corrected chi connectivity index (χ1v) is 5.10. The van der Waals surface area contributed by atoms with Crippen molar-refractivity contribution in [3.05, 3.63) is 0 Å². The van der Waals surface area contributed by atoms with Gasteiger partial charge in [0.25, 0.3) is 0 Å². The molecule has 1 fully saturated rings. The molecule has 0 aromatic rings. The summed E-state index contributed by atoms with van der Waals surface area (Å²) in [6, 6.07) is 0. The number of hydrogen-bond acceptors (Lipinski definition) is 4. The van der Waals surface area contributed by atoms with Gasteiger partial charge in [-0.25, -0.2) is 4.79 Å². The summed E-state index contributed by atoms with van der Waals surface area (Å²) in [5.74, 6) is -0.885. The van der Waals surface area contributed by atoms with Crippen LogP contribution in [0.3, 0.4) is 0 Å². The van der Waals surface area contributed by atoms with Crippen molar-refractivity contribution in [3.63, 3.8) is 0 Å². The Bertz CT molecular complexity index is 165. The summed E-state index contributed by atoms with van der Waals surface area (Å²) in [5, 5.41) is 12.1. The van der Waals surface area contributed by atoms with E-state index in [0.29, 0.717) is 18.4 Å². The van der Waals surface area contributed by atoms with Gasteiger partial charge in [0.15, 0.2) is 6.10 Å². The molecular weight excluding hydrogens is 178 g/mol. The number of carbonyl (C=O) groups is 1. The van der Waals surface area contributed by atoms with E-state index >= 15 is 0 Å². The van der Waals surface area contributed by atoms with E-state index in [1.807, 2.05) is 6.26 Å². The van der Waals surface area contributed by atoms with Crippen LogP contribution in [-0.4, -0.2) is 48.4 Å². The van der Waals surface area contributed by atoms with Crippen molar-refractivity contribution in [2.75, 3.05) is 26.0 Å². The second-order valence-corrected chi connectivity index (χ2v) is 3.81. The molecule has 0 amide bonds. The fourth-order valence-corrected chi connectivity index (χ4v) is 1.53. The van der Waals surface area contributed by atoms with Crippen molar-refractivity contribution in [3.8, 4) is 0 Å². The number of nitrogens with one attached hydrogen (secondary N) is 1. The Hall–Kier alpha value is -0.260. The van der Waals surface area contributed by atoms with Gasteiger partial charge in [-0.1, -0.05) is 0 Å². The van der Waals surface area contributed by atoms with Crippen molar-refractivity contribution in [1.29, 1.82) is 0 Å². The zero-order valence-electron chi connectivity index (χ0n) is 6.95. The number of carboxylic acids is 1. The predicted octanol–water partition coefficient (Wildman–Crippen LogP) is -0.209. The first kappa shape index (κ1) is 9.83. The summed E-state index contributed by atoms with van der Waals surface area (Å²) in [7, 11) is 0. The molecule has 0 aliphatic carbocycles. The topological polar surface area (TPSA) is 58.6 Å². The highest BCUT2D eigenvalue weighted by Gasteiger charge is 2.23. The van der Waals surface area contributed by atoms with Gasteiger partial charge in [-0.2, -0.15) is 11.8 Å². The summed E-state index contributed by atoms with van der Waals surface area (Å²) >= 11 is 1.69.